The van der Waals surface area contributed by atoms with E-state index < -0.39 is 0 Å². The molecule has 0 aromatic heterocycles. The highest BCUT2D eigenvalue weighted by Crippen LogP contribution is 2.17. The Kier molecular flexibility index (Phi) is 3.45. The zero-order valence-corrected chi connectivity index (χ0v) is 6.93. The minimum absolute atomic E-state index is 0.144. The summed E-state index contributed by atoms with van der Waals surface area (Å²) in [5.41, 5.74) is -0.144. The first-order chi connectivity index (χ1) is 5.33. The van der Waals surface area contributed by atoms with Crippen LogP contribution in [0.3, 0.4) is 0 Å². The van der Waals surface area contributed by atoms with Crippen LogP contribution in [0.25, 0.3) is 0 Å². The number of hydrogen-bond acceptors (Lipinski definition) is 4. The summed E-state index contributed by atoms with van der Waals surface area (Å²) < 4.78 is 10.0. The molecule has 0 N–H and O–H groups in total. The van der Waals surface area contributed by atoms with Gasteiger partial charge in [0, 0.05) is 11.8 Å². The van der Waals surface area contributed by atoms with Crippen molar-refractivity contribution in [1.82, 2.24) is 0 Å². The van der Waals surface area contributed by atoms with Crippen LogP contribution >= 0.6 is 11.8 Å². The molecule has 1 heterocycles. The average Bonchev–Trinajstić information content (AvgIpc) is 2.06. The Morgan fingerprint density at radius 1 is 1.82 bits per heavy atom. The second kappa shape index (κ2) is 4.41. The van der Waals surface area contributed by atoms with E-state index in [1.54, 1.807) is 11.8 Å². The maximum Gasteiger partial charge on any atom is 0.331 e. The molecule has 62 valence electrons. The summed E-state index contributed by atoms with van der Waals surface area (Å²) in [6, 6.07) is 0. The number of hydrogen-bond donors (Lipinski definition) is 0. The van der Waals surface area contributed by atoms with E-state index in [0.29, 0.717) is 6.61 Å². The number of ether oxygens (including phenoxy) is 2. The molecule has 0 radical (unpaired) electrons. The van der Waals surface area contributed by atoms with Crippen molar-refractivity contribution in [1.29, 1.82) is 0 Å². The van der Waals surface area contributed by atoms with Crippen LogP contribution in [0.2, 0.25) is 0 Å². The molecule has 3 nitrogen and oxygen atoms in total. The van der Waals surface area contributed by atoms with Gasteiger partial charge in [0.2, 0.25) is 0 Å². The van der Waals surface area contributed by atoms with Crippen LogP contribution < -0.4 is 0 Å². The highest BCUT2D eigenvalue weighted by Gasteiger charge is 2.16. The number of carbonyl (C=O) groups is 1. The van der Waals surface area contributed by atoms with Crippen molar-refractivity contribution in [2.24, 2.45) is 0 Å². The van der Waals surface area contributed by atoms with Crippen LogP contribution in [0.15, 0.2) is 12.7 Å². The lowest BCUT2D eigenvalue weighted by molar-refractivity contribution is -0.141. The standard InChI is InChI=1S/C7H10O3S/c1-2-6(8)10-7-5-9-3-4-11-7/h2,7H,1,3-5H2. The summed E-state index contributed by atoms with van der Waals surface area (Å²) in [5.74, 6) is 0.503. The smallest absolute Gasteiger partial charge is 0.331 e. The fraction of sp³-hybridized carbons (Fsp3) is 0.571. The lowest BCUT2D eigenvalue weighted by atomic mass is 10.6. The molecule has 0 aromatic rings. The maximum absolute atomic E-state index is 10.7. The van der Waals surface area contributed by atoms with Gasteiger partial charge in [-0.25, -0.2) is 4.79 Å². The molecule has 1 aliphatic rings. The second-order valence-electron chi connectivity index (χ2n) is 2.02. The monoisotopic (exact) mass is 174 g/mol. The van der Waals surface area contributed by atoms with Gasteiger partial charge in [0.15, 0.2) is 5.44 Å². The molecule has 4 heteroatoms. The molecule has 0 amide bonds. The van der Waals surface area contributed by atoms with E-state index in [0.717, 1.165) is 18.4 Å². The quantitative estimate of drug-likeness (QED) is 0.458. The van der Waals surface area contributed by atoms with Crippen LogP contribution in [0, 0.1) is 0 Å². The average molecular weight is 174 g/mol. The number of carbonyl (C=O) groups excluding carboxylic acids is 1. The summed E-state index contributed by atoms with van der Waals surface area (Å²) in [5, 5.41) is 0. The first kappa shape index (κ1) is 8.62. The maximum atomic E-state index is 10.7. The van der Waals surface area contributed by atoms with Crippen molar-refractivity contribution in [2.45, 2.75) is 5.44 Å². The SMILES string of the molecule is C=CC(=O)OC1COCCS1. The molecular formula is C7H10O3S. The summed E-state index contributed by atoms with van der Waals surface area (Å²) in [7, 11) is 0. The van der Waals surface area contributed by atoms with E-state index >= 15 is 0 Å². The van der Waals surface area contributed by atoms with Crippen LogP contribution in [0.5, 0.6) is 0 Å². The van der Waals surface area contributed by atoms with Gasteiger partial charge in [-0.2, -0.15) is 0 Å². The van der Waals surface area contributed by atoms with Crippen molar-refractivity contribution in [3.8, 4) is 0 Å². The normalized spacial score (nSPS) is 24.2. The Hall–Kier alpha value is -0.480. The Balaban J connectivity index is 2.24. The van der Waals surface area contributed by atoms with Gasteiger partial charge in [0.25, 0.3) is 0 Å². The fourth-order valence-corrected chi connectivity index (χ4v) is 1.54. The van der Waals surface area contributed by atoms with Gasteiger partial charge < -0.3 is 9.47 Å². The third-order valence-corrected chi connectivity index (χ3v) is 2.21. The Bertz CT molecular complexity index is 152. The van der Waals surface area contributed by atoms with Gasteiger partial charge in [-0.05, 0) is 0 Å². The summed E-state index contributed by atoms with van der Waals surface area (Å²) >= 11 is 1.59. The topological polar surface area (TPSA) is 35.5 Å². The molecule has 1 saturated heterocycles. The zero-order valence-electron chi connectivity index (χ0n) is 6.12. The van der Waals surface area contributed by atoms with Gasteiger partial charge in [-0.3, -0.25) is 0 Å². The molecule has 1 fully saturated rings. The van der Waals surface area contributed by atoms with E-state index in [-0.39, 0.29) is 11.4 Å². The molecule has 0 saturated carbocycles. The van der Waals surface area contributed by atoms with E-state index in [9.17, 15) is 4.79 Å². The number of esters is 1. The van der Waals surface area contributed by atoms with Crippen LogP contribution in [-0.4, -0.2) is 30.4 Å². The van der Waals surface area contributed by atoms with Crippen molar-refractivity contribution in [3.05, 3.63) is 12.7 Å². The second-order valence-corrected chi connectivity index (χ2v) is 3.28. The highest BCUT2D eigenvalue weighted by molar-refractivity contribution is 7.99. The Morgan fingerprint density at radius 3 is 3.18 bits per heavy atom. The highest BCUT2D eigenvalue weighted by atomic mass is 32.2. The zero-order chi connectivity index (χ0) is 8.10. The molecule has 1 aliphatic heterocycles. The predicted octanol–water partition coefficient (Wildman–Crippen LogP) is 0.805. The van der Waals surface area contributed by atoms with E-state index in [1.807, 2.05) is 0 Å². The molecule has 0 aliphatic carbocycles. The van der Waals surface area contributed by atoms with Crippen LogP contribution in [-0.2, 0) is 14.3 Å². The number of rotatable bonds is 2. The van der Waals surface area contributed by atoms with Gasteiger partial charge in [-0.15, -0.1) is 11.8 Å². The Labute approximate surface area is 69.7 Å². The lowest BCUT2D eigenvalue weighted by Crippen LogP contribution is -2.25. The first-order valence-electron chi connectivity index (χ1n) is 3.35. The molecule has 0 bridgehead atoms. The van der Waals surface area contributed by atoms with E-state index in [4.69, 9.17) is 9.47 Å². The molecular weight excluding hydrogens is 164 g/mol. The van der Waals surface area contributed by atoms with Crippen molar-refractivity contribution < 1.29 is 14.3 Å². The molecule has 1 atom stereocenters. The third-order valence-electron chi connectivity index (χ3n) is 1.20. The largest absolute Gasteiger partial charge is 0.446 e. The van der Waals surface area contributed by atoms with Crippen LogP contribution in [0.1, 0.15) is 0 Å². The molecule has 11 heavy (non-hydrogen) atoms. The van der Waals surface area contributed by atoms with Gasteiger partial charge in [-0.1, -0.05) is 6.58 Å². The summed E-state index contributed by atoms with van der Waals surface area (Å²) in [6.45, 7) is 4.53. The Morgan fingerprint density at radius 2 is 2.64 bits per heavy atom. The van der Waals surface area contributed by atoms with Gasteiger partial charge >= 0.3 is 5.97 Å². The number of thioether (sulfide) groups is 1. The van der Waals surface area contributed by atoms with E-state index in [2.05, 4.69) is 6.58 Å². The predicted molar refractivity (Wildman–Crippen MR) is 43.4 cm³/mol. The minimum atomic E-state index is -0.381. The summed E-state index contributed by atoms with van der Waals surface area (Å²) in [4.78, 5) is 10.7. The molecule has 1 unspecified atom stereocenters. The van der Waals surface area contributed by atoms with Crippen LogP contribution in [0.4, 0.5) is 0 Å². The van der Waals surface area contributed by atoms with Gasteiger partial charge in [0.1, 0.15) is 0 Å². The fourth-order valence-electron chi connectivity index (χ4n) is 0.712. The molecule has 0 spiro atoms. The minimum Gasteiger partial charge on any atom is -0.446 e. The first-order valence-corrected chi connectivity index (χ1v) is 4.40. The summed E-state index contributed by atoms with van der Waals surface area (Å²) in [6.07, 6.45) is 1.16. The van der Waals surface area contributed by atoms with E-state index in [1.165, 1.54) is 0 Å². The molecule has 0 aromatic carbocycles. The van der Waals surface area contributed by atoms with Crippen molar-refractivity contribution >= 4 is 17.7 Å². The lowest BCUT2D eigenvalue weighted by Gasteiger charge is -2.20. The molecule has 1 rings (SSSR count). The third kappa shape index (κ3) is 2.95. The van der Waals surface area contributed by atoms with Crippen molar-refractivity contribution in [3.63, 3.8) is 0 Å². The van der Waals surface area contributed by atoms with Gasteiger partial charge in [0.05, 0.1) is 13.2 Å². The van der Waals surface area contributed by atoms with Crippen molar-refractivity contribution in [2.75, 3.05) is 19.0 Å².